The zero-order chi connectivity index (χ0) is 26.1. The molecule has 1 aliphatic heterocycles. The molecule has 5 rings (SSSR count). The van der Waals surface area contributed by atoms with Gasteiger partial charge in [0.05, 0.1) is 13.2 Å². The minimum Gasteiger partial charge on any atom is -0.507 e. The summed E-state index contributed by atoms with van der Waals surface area (Å²) in [6.45, 7) is 6.23. The van der Waals surface area contributed by atoms with Crippen LogP contribution in [0.15, 0.2) is 73.3 Å². The summed E-state index contributed by atoms with van der Waals surface area (Å²) >= 11 is 6.41. The predicted octanol–water partition coefficient (Wildman–Crippen LogP) is 6.06. The Bertz CT molecular complexity index is 1480. The lowest BCUT2D eigenvalue weighted by Crippen LogP contribution is -2.29. The molecule has 1 aromatic heterocycles. The molecule has 8 heteroatoms. The zero-order valence-corrected chi connectivity index (χ0v) is 21.2. The number of nitrogens with zero attached hydrogens (tertiary/aromatic N) is 2. The molecule has 0 saturated heterocycles. The lowest BCUT2D eigenvalue weighted by Gasteiger charge is -2.27. The van der Waals surface area contributed by atoms with Crippen molar-refractivity contribution in [2.75, 3.05) is 13.7 Å². The second-order valence-corrected chi connectivity index (χ2v) is 9.22. The van der Waals surface area contributed by atoms with E-state index in [1.807, 2.05) is 55.5 Å². The zero-order valence-electron chi connectivity index (χ0n) is 20.5. The lowest BCUT2D eigenvalue weighted by molar-refractivity contribution is 0.0730. The number of carbonyl (C=O) groups is 1. The van der Waals surface area contributed by atoms with Gasteiger partial charge in [-0.05, 0) is 47.9 Å². The van der Waals surface area contributed by atoms with E-state index in [0.29, 0.717) is 52.2 Å². The van der Waals surface area contributed by atoms with Gasteiger partial charge in [0.1, 0.15) is 23.7 Å². The molecule has 1 aliphatic rings. The Morgan fingerprint density at radius 3 is 2.68 bits per heavy atom. The molecular formula is C29H26ClN3O4. The van der Waals surface area contributed by atoms with Gasteiger partial charge in [0.15, 0.2) is 11.5 Å². The van der Waals surface area contributed by atoms with Gasteiger partial charge >= 0.3 is 0 Å². The van der Waals surface area contributed by atoms with Crippen molar-refractivity contribution in [2.45, 2.75) is 19.5 Å². The SMILES string of the molecule is C=CCOc1ccc(C2c3c(-c4cc(Cl)c(C)cc4O)n[nH]c3C(=O)N2Cc2ccccc2)cc1OC. The van der Waals surface area contributed by atoms with Crippen molar-refractivity contribution < 1.29 is 19.4 Å². The number of aromatic nitrogens is 2. The molecule has 188 valence electrons. The number of methoxy groups -OCH3 is 1. The number of rotatable bonds is 8. The van der Waals surface area contributed by atoms with Gasteiger partial charge in [-0.2, -0.15) is 5.10 Å². The number of nitrogens with one attached hydrogen (secondary N) is 1. The Kier molecular flexibility index (Phi) is 6.63. The first-order valence-electron chi connectivity index (χ1n) is 11.8. The summed E-state index contributed by atoms with van der Waals surface area (Å²) in [5.74, 6) is 0.952. The Balaban J connectivity index is 1.67. The van der Waals surface area contributed by atoms with Crippen LogP contribution in [0.4, 0.5) is 0 Å². The number of aromatic amines is 1. The average Bonchev–Trinajstić information content (AvgIpc) is 3.44. The molecule has 0 radical (unpaired) electrons. The summed E-state index contributed by atoms with van der Waals surface area (Å²) in [6, 6.07) is 18.2. The summed E-state index contributed by atoms with van der Waals surface area (Å²) in [5.41, 5.74) is 4.50. The van der Waals surface area contributed by atoms with Gasteiger partial charge in [0.2, 0.25) is 0 Å². The fraction of sp³-hybridized carbons (Fsp3) is 0.172. The third-order valence-corrected chi connectivity index (χ3v) is 6.86. The molecule has 0 fully saturated rings. The summed E-state index contributed by atoms with van der Waals surface area (Å²) < 4.78 is 11.3. The molecule has 1 atom stereocenters. The van der Waals surface area contributed by atoms with Crippen molar-refractivity contribution in [3.05, 3.63) is 106 Å². The first-order chi connectivity index (χ1) is 17.9. The third kappa shape index (κ3) is 4.42. The van der Waals surface area contributed by atoms with Crippen molar-refractivity contribution in [3.63, 3.8) is 0 Å². The standard InChI is InChI=1S/C29H26ClN3O4/c1-4-12-37-23-11-10-19(14-24(23)36-3)28-25-26(20-15-21(30)17(2)13-22(20)34)31-32-27(25)29(35)33(28)16-18-8-6-5-7-9-18/h4-11,13-15,28,34H,1,12,16H2,2-3H3,(H,31,32). The van der Waals surface area contributed by atoms with Crippen LogP contribution in [0, 0.1) is 6.92 Å². The number of phenolic OH excluding ortho intramolecular Hbond substituents is 1. The molecule has 0 saturated carbocycles. The van der Waals surface area contributed by atoms with Crippen LogP contribution in [0.3, 0.4) is 0 Å². The molecule has 3 aromatic carbocycles. The van der Waals surface area contributed by atoms with E-state index in [4.69, 9.17) is 21.1 Å². The number of hydrogen-bond acceptors (Lipinski definition) is 5. The van der Waals surface area contributed by atoms with Crippen LogP contribution < -0.4 is 9.47 Å². The van der Waals surface area contributed by atoms with E-state index in [1.165, 1.54) is 0 Å². The maximum absolute atomic E-state index is 13.7. The highest BCUT2D eigenvalue weighted by Crippen LogP contribution is 2.47. The summed E-state index contributed by atoms with van der Waals surface area (Å²) in [4.78, 5) is 15.5. The minimum absolute atomic E-state index is 0.0367. The highest BCUT2D eigenvalue weighted by Gasteiger charge is 2.43. The smallest absolute Gasteiger partial charge is 0.273 e. The van der Waals surface area contributed by atoms with Crippen LogP contribution in [-0.4, -0.2) is 39.8 Å². The fourth-order valence-corrected chi connectivity index (χ4v) is 4.83. The Morgan fingerprint density at radius 2 is 1.95 bits per heavy atom. The molecule has 7 nitrogen and oxygen atoms in total. The van der Waals surface area contributed by atoms with Crippen molar-refractivity contribution in [1.29, 1.82) is 0 Å². The molecular weight excluding hydrogens is 490 g/mol. The number of halogens is 1. The lowest BCUT2D eigenvalue weighted by atomic mass is 9.94. The van der Waals surface area contributed by atoms with Gasteiger partial charge in [0.25, 0.3) is 5.91 Å². The number of ether oxygens (including phenoxy) is 2. The van der Waals surface area contributed by atoms with E-state index < -0.39 is 6.04 Å². The molecule has 1 amide bonds. The molecule has 0 spiro atoms. The van der Waals surface area contributed by atoms with E-state index in [0.717, 1.165) is 16.7 Å². The highest BCUT2D eigenvalue weighted by molar-refractivity contribution is 6.31. The topological polar surface area (TPSA) is 87.7 Å². The molecule has 2 N–H and O–H groups in total. The van der Waals surface area contributed by atoms with E-state index in [-0.39, 0.29) is 11.7 Å². The number of amides is 1. The van der Waals surface area contributed by atoms with Crippen molar-refractivity contribution in [2.24, 2.45) is 0 Å². The molecule has 0 aliphatic carbocycles. The second kappa shape index (κ2) is 10.0. The Morgan fingerprint density at radius 1 is 1.16 bits per heavy atom. The van der Waals surface area contributed by atoms with Gasteiger partial charge in [0, 0.05) is 22.7 Å². The van der Waals surface area contributed by atoms with Gasteiger partial charge in [-0.25, -0.2) is 0 Å². The van der Waals surface area contributed by atoms with E-state index in [9.17, 15) is 9.90 Å². The Hall–Kier alpha value is -4.23. The van der Waals surface area contributed by atoms with Gasteiger partial charge in [-0.15, -0.1) is 0 Å². The number of aryl methyl sites for hydroxylation is 1. The van der Waals surface area contributed by atoms with Crippen LogP contribution in [0.1, 0.15) is 38.8 Å². The van der Waals surface area contributed by atoms with Crippen molar-refractivity contribution in [1.82, 2.24) is 15.1 Å². The van der Waals surface area contributed by atoms with E-state index in [1.54, 1.807) is 30.2 Å². The average molecular weight is 516 g/mol. The number of hydrogen-bond donors (Lipinski definition) is 2. The molecule has 1 unspecified atom stereocenters. The van der Waals surface area contributed by atoms with Crippen LogP contribution in [-0.2, 0) is 6.54 Å². The number of benzene rings is 3. The van der Waals surface area contributed by atoms with Gasteiger partial charge in [-0.3, -0.25) is 9.89 Å². The monoisotopic (exact) mass is 515 g/mol. The molecule has 37 heavy (non-hydrogen) atoms. The third-order valence-electron chi connectivity index (χ3n) is 6.45. The molecule has 2 heterocycles. The molecule has 4 aromatic rings. The summed E-state index contributed by atoms with van der Waals surface area (Å²) in [7, 11) is 1.57. The van der Waals surface area contributed by atoms with Crippen molar-refractivity contribution >= 4 is 17.5 Å². The van der Waals surface area contributed by atoms with Gasteiger partial charge in [-0.1, -0.05) is 60.7 Å². The predicted molar refractivity (Wildman–Crippen MR) is 142 cm³/mol. The van der Waals surface area contributed by atoms with Crippen LogP contribution in [0.2, 0.25) is 5.02 Å². The number of carbonyl (C=O) groups excluding carboxylic acids is 1. The maximum atomic E-state index is 13.7. The van der Waals surface area contributed by atoms with Crippen molar-refractivity contribution in [3.8, 4) is 28.5 Å². The minimum atomic E-state index is -0.502. The molecule has 0 bridgehead atoms. The Labute approximate surface area is 219 Å². The highest BCUT2D eigenvalue weighted by atomic mass is 35.5. The normalized spacial score (nSPS) is 14.5. The van der Waals surface area contributed by atoms with E-state index >= 15 is 0 Å². The first-order valence-corrected chi connectivity index (χ1v) is 12.1. The quantitative estimate of drug-likeness (QED) is 0.278. The fourth-order valence-electron chi connectivity index (χ4n) is 4.67. The van der Waals surface area contributed by atoms with Crippen LogP contribution in [0.5, 0.6) is 17.2 Å². The van der Waals surface area contributed by atoms with Gasteiger partial charge < -0.3 is 19.5 Å². The van der Waals surface area contributed by atoms with E-state index in [2.05, 4.69) is 16.8 Å². The summed E-state index contributed by atoms with van der Waals surface area (Å²) in [5, 5.41) is 18.7. The van der Waals surface area contributed by atoms with Crippen LogP contribution >= 0.6 is 11.6 Å². The van der Waals surface area contributed by atoms with Crippen LogP contribution in [0.25, 0.3) is 11.3 Å². The number of fused-ring (bicyclic) bond motifs is 1. The maximum Gasteiger partial charge on any atom is 0.273 e. The number of phenols is 1. The number of H-pyrrole nitrogens is 1. The largest absolute Gasteiger partial charge is 0.507 e. The second-order valence-electron chi connectivity index (χ2n) is 8.81. The summed E-state index contributed by atoms with van der Waals surface area (Å²) in [6.07, 6.45) is 1.66. The first kappa shape index (κ1) is 24.5. The number of aromatic hydroxyl groups is 1.